The fourth-order valence-corrected chi connectivity index (χ4v) is 8.08. The normalized spacial score (nSPS) is 30.6. The van der Waals surface area contributed by atoms with Gasteiger partial charge in [0.1, 0.15) is 11.8 Å². The molecule has 2 saturated carbocycles. The highest BCUT2D eigenvalue weighted by atomic mass is 16.5. The molecule has 9 heteroatoms. The Morgan fingerprint density at radius 2 is 1.75 bits per heavy atom. The van der Waals surface area contributed by atoms with E-state index in [0.717, 1.165) is 44.1 Å². The van der Waals surface area contributed by atoms with Crippen LogP contribution in [0.25, 0.3) is 0 Å². The van der Waals surface area contributed by atoms with E-state index in [2.05, 4.69) is 11.8 Å². The first kappa shape index (κ1) is 28.7. The molecule has 0 radical (unpaired) electrons. The second-order valence-corrected chi connectivity index (χ2v) is 12.4. The van der Waals surface area contributed by atoms with Crippen molar-refractivity contribution < 1.29 is 29.3 Å². The molecule has 5 rings (SSSR count). The van der Waals surface area contributed by atoms with Gasteiger partial charge in [0.2, 0.25) is 0 Å². The smallest absolute Gasteiger partial charge is 0.341 e. The molecule has 40 heavy (non-hydrogen) atoms. The van der Waals surface area contributed by atoms with Gasteiger partial charge >= 0.3 is 18.0 Å². The molecule has 2 N–H and O–H groups in total. The van der Waals surface area contributed by atoms with Crippen LogP contribution in [-0.2, 0) is 9.59 Å². The van der Waals surface area contributed by atoms with E-state index in [0.29, 0.717) is 42.9 Å². The largest absolute Gasteiger partial charge is 0.482 e. The van der Waals surface area contributed by atoms with Gasteiger partial charge < -0.3 is 19.8 Å². The number of rotatable bonds is 9. The van der Waals surface area contributed by atoms with Crippen LogP contribution in [0, 0.1) is 11.8 Å². The number of aliphatic carboxylic acids is 2. The van der Waals surface area contributed by atoms with E-state index < -0.39 is 24.6 Å². The molecule has 2 aliphatic carbocycles. The molecule has 4 fully saturated rings. The molecule has 220 valence electrons. The quantitative estimate of drug-likeness (QED) is 0.429. The van der Waals surface area contributed by atoms with Gasteiger partial charge in [0, 0.05) is 43.0 Å². The lowest BCUT2D eigenvalue weighted by molar-refractivity contribution is -0.141. The number of anilines is 1. The number of urea groups is 1. The van der Waals surface area contributed by atoms with Crippen LogP contribution in [0.2, 0.25) is 0 Å². The van der Waals surface area contributed by atoms with Crippen molar-refractivity contribution in [2.75, 3.05) is 24.6 Å². The molecular weight excluding hydrogens is 510 g/mol. The second-order valence-electron chi connectivity index (χ2n) is 12.4. The first-order chi connectivity index (χ1) is 19.3. The standard InChI is InChI=1S/C31H45N3O6/c1-2-6-23-18-25(12-14-32(23)26-16-21-7-3-8-22(15-21)17-26)34(31(39)33-13-5-11-28(33)30(37)38)24-9-4-10-27(19-24)40-20-29(35)36/h4,9-10,19,21-23,25-26,28H,2-3,5-8,11-18,20H2,1H3,(H,35,36)(H,37,38)/t21-,22+,23-,25-,26+,28+/m0/s1. The Labute approximate surface area is 237 Å². The molecule has 0 aromatic heterocycles. The lowest BCUT2D eigenvalue weighted by Crippen LogP contribution is -2.58. The first-order valence-corrected chi connectivity index (χ1v) is 15.4. The van der Waals surface area contributed by atoms with Crippen LogP contribution in [0.3, 0.4) is 0 Å². The zero-order valence-corrected chi connectivity index (χ0v) is 23.7. The van der Waals surface area contributed by atoms with Gasteiger partial charge in [0.25, 0.3) is 0 Å². The van der Waals surface area contributed by atoms with Crippen LogP contribution in [0.4, 0.5) is 10.5 Å². The van der Waals surface area contributed by atoms with Gasteiger partial charge in [-0.15, -0.1) is 0 Å². The summed E-state index contributed by atoms with van der Waals surface area (Å²) in [5, 5.41) is 18.9. The number of carboxylic acids is 2. The maximum Gasteiger partial charge on any atom is 0.341 e. The van der Waals surface area contributed by atoms with Gasteiger partial charge in [-0.05, 0) is 75.3 Å². The number of hydrogen-bond donors (Lipinski definition) is 2. The van der Waals surface area contributed by atoms with Crippen LogP contribution in [-0.4, -0.2) is 81.8 Å². The topological polar surface area (TPSA) is 111 Å². The van der Waals surface area contributed by atoms with E-state index >= 15 is 0 Å². The summed E-state index contributed by atoms with van der Waals surface area (Å²) >= 11 is 0. The molecule has 2 heterocycles. The van der Waals surface area contributed by atoms with Crippen LogP contribution in [0.5, 0.6) is 5.75 Å². The number of piperidine rings is 1. The van der Waals surface area contributed by atoms with Crippen molar-refractivity contribution in [2.24, 2.45) is 11.8 Å². The molecule has 1 aromatic rings. The number of hydrogen-bond acceptors (Lipinski definition) is 5. The summed E-state index contributed by atoms with van der Waals surface area (Å²) in [4.78, 5) is 43.3. The zero-order valence-electron chi connectivity index (χ0n) is 23.7. The number of carbonyl (C=O) groups is 3. The minimum atomic E-state index is -1.07. The lowest BCUT2D eigenvalue weighted by Gasteiger charge is -2.51. The molecule has 2 amide bonds. The maximum atomic E-state index is 14.2. The van der Waals surface area contributed by atoms with Crippen molar-refractivity contribution in [3.8, 4) is 5.75 Å². The molecular formula is C31H45N3O6. The SMILES string of the molecule is CCC[C@H]1C[C@@H](N(C(=O)N2CCC[C@@H]2C(=O)O)c2cccc(OCC(=O)O)c2)CCN1[C@H]1C[C@@H]2CCC[C@@H](C2)C1. The van der Waals surface area contributed by atoms with E-state index in [9.17, 15) is 19.5 Å². The molecule has 0 spiro atoms. The van der Waals surface area contributed by atoms with Crippen LogP contribution >= 0.6 is 0 Å². The molecule has 9 nitrogen and oxygen atoms in total. The fraction of sp³-hybridized carbons (Fsp3) is 0.710. The minimum absolute atomic E-state index is 0.0758. The van der Waals surface area contributed by atoms with Crippen LogP contribution in [0.1, 0.15) is 84.0 Å². The van der Waals surface area contributed by atoms with E-state index in [1.165, 1.54) is 43.4 Å². The summed E-state index contributed by atoms with van der Waals surface area (Å²) in [6, 6.07) is 6.84. The van der Waals surface area contributed by atoms with Gasteiger partial charge in [-0.25, -0.2) is 14.4 Å². The lowest BCUT2D eigenvalue weighted by atomic mass is 9.69. The van der Waals surface area contributed by atoms with Crippen molar-refractivity contribution in [1.29, 1.82) is 0 Å². The average molecular weight is 556 g/mol. The van der Waals surface area contributed by atoms with Gasteiger partial charge in [-0.3, -0.25) is 9.80 Å². The van der Waals surface area contributed by atoms with Gasteiger partial charge in [0.05, 0.1) is 0 Å². The third-order valence-electron chi connectivity index (χ3n) is 9.74. The number of carboxylic acid groups (broad SMARTS) is 2. The fourth-order valence-electron chi connectivity index (χ4n) is 8.08. The second kappa shape index (κ2) is 12.8. The van der Waals surface area contributed by atoms with E-state index in [4.69, 9.17) is 9.84 Å². The highest BCUT2D eigenvalue weighted by molar-refractivity contribution is 5.95. The van der Waals surface area contributed by atoms with Crippen LogP contribution < -0.4 is 9.64 Å². The number of nitrogens with zero attached hydrogens (tertiary/aromatic N) is 3. The molecule has 2 aliphatic heterocycles. The van der Waals surface area contributed by atoms with Crippen molar-refractivity contribution >= 4 is 23.7 Å². The Morgan fingerprint density at radius 3 is 2.45 bits per heavy atom. The van der Waals surface area contributed by atoms with E-state index in [-0.39, 0.29) is 12.1 Å². The number of likely N-dealkylation sites (tertiary alicyclic amines) is 2. The monoisotopic (exact) mass is 555 g/mol. The Bertz CT molecular complexity index is 1050. The summed E-state index contributed by atoms with van der Waals surface area (Å²) in [5.41, 5.74) is 0.629. The Morgan fingerprint density at radius 1 is 0.975 bits per heavy atom. The summed E-state index contributed by atoms with van der Waals surface area (Å²) in [6.45, 7) is 3.11. The number of benzene rings is 1. The number of ether oxygens (including phenoxy) is 1. The molecule has 1 aromatic carbocycles. The average Bonchev–Trinajstić information content (AvgIpc) is 3.43. The van der Waals surface area contributed by atoms with E-state index in [1.54, 1.807) is 23.1 Å². The molecule has 0 unspecified atom stereocenters. The van der Waals surface area contributed by atoms with Gasteiger partial charge in [-0.1, -0.05) is 38.7 Å². The summed E-state index contributed by atoms with van der Waals surface area (Å²) < 4.78 is 5.45. The van der Waals surface area contributed by atoms with Crippen molar-refractivity contribution in [2.45, 2.75) is 108 Å². The third-order valence-corrected chi connectivity index (χ3v) is 9.74. The highest BCUT2D eigenvalue weighted by Crippen LogP contribution is 2.43. The van der Waals surface area contributed by atoms with Crippen molar-refractivity contribution in [3.63, 3.8) is 0 Å². The van der Waals surface area contributed by atoms with Crippen molar-refractivity contribution in [3.05, 3.63) is 24.3 Å². The predicted octanol–water partition coefficient (Wildman–Crippen LogP) is 5.23. The zero-order chi connectivity index (χ0) is 28.2. The van der Waals surface area contributed by atoms with Crippen LogP contribution in [0.15, 0.2) is 24.3 Å². The summed E-state index contributed by atoms with van der Waals surface area (Å²) in [6.07, 6.45) is 13.0. The third kappa shape index (κ3) is 6.40. The van der Waals surface area contributed by atoms with E-state index in [1.807, 2.05) is 6.07 Å². The highest BCUT2D eigenvalue weighted by Gasteiger charge is 2.43. The maximum absolute atomic E-state index is 14.2. The summed E-state index contributed by atoms with van der Waals surface area (Å²) in [5.74, 6) is 0.0527. The predicted molar refractivity (Wildman–Crippen MR) is 152 cm³/mol. The van der Waals surface area contributed by atoms with Crippen molar-refractivity contribution in [1.82, 2.24) is 9.80 Å². The van der Waals surface area contributed by atoms with Gasteiger partial charge in [-0.2, -0.15) is 0 Å². The van der Waals surface area contributed by atoms with Gasteiger partial charge in [0.15, 0.2) is 6.61 Å². The molecule has 2 saturated heterocycles. The molecule has 4 aliphatic rings. The minimum Gasteiger partial charge on any atom is -0.482 e. The Hall–Kier alpha value is -2.81. The molecule has 2 bridgehead atoms. The number of amides is 2. The Kier molecular flexibility index (Phi) is 9.18. The summed E-state index contributed by atoms with van der Waals surface area (Å²) in [7, 11) is 0. The molecule has 6 atom stereocenters. The Balaban J connectivity index is 1.40. The number of fused-ring (bicyclic) bond motifs is 2. The number of carbonyl (C=O) groups excluding carboxylic acids is 1. The first-order valence-electron chi connectivity index (χ1n) is 15.4.